The molecule has 1 unspecified atom stereocenters. The van der Waals surface area contributed by atoms with Gasteiger partial charge in [-0.25, -0.2) is 0 Å². The number of hydrogen-bond donors (Lipinski definition) is 3. The van der Waals surface area contributed by atoms with Crippen molar-refractivity contribution in [3.63, 3.8) is 0 Å². The number of nitrogens with one attached hydrogen (secondary N) is 1. The van der Waals surface area contributed by atoms with Crippen LogP contribution in [0.4, 0.5) is 0 Å². The van der Waals surface area contributed by atoms with Crippen LogP contribution in [0.2, 0.25) is 0 Å². The van der Waals surface area contributed by atoms with Crippen LogP contribution in [0.1, 0.15) is 20.3 Å². The van der Waals surface area contributed by atoms with E-state index in [2.05, 4.69) is 12.2 Å². The van der Waals surface area contributed by atoms with E-state index in [4.69, 9.17) is 5.11 Å². The van der Waals surface area contributed by atoms with Gasteiger partial charge in [0, 0.05) is 6.54 Å². The van der Waals surface area contributed by atoms with Crippen molar-refractivity contribution in [2.75, 3.05) is 31.2 Å². The quantitative estimate of drug-likeness (QED) is 0.506. The van der Waals surface area contributed by atoms with Gasteiger partial charge in [0.05, 0.1) is 12.2 Å². The first-order chi connectivity index (χ1) is 6.12. The fraction of sp³-hybridized carbons (Fsp3) is 1.00. The zero-order valence-electron chi connectivity index (χ0n) is 8.55. The molecule has 0 radical (unpaired) electrons. The summed E-state index contributed by atoms with van der Waals surface area (Å²) in [4.78, 5) is 0. The van der Waals surface area contributed by atoms with Crippen LogP contribution >= 0.6 is 11.8 Å². The summed E-state index contributed by atoms with van der Waals surface area (Å²) in [5.74, 6) is 2.32. The van der Waals surface area contributed by atoms with Crippen molar-refractivity contribution in [3.05, 3.63) is 0 Å². The predicted octanol–water partition coefficient (Wildman–Crippen LogP) is 0.462. The van der Waals surface area contributed by atoms with Crippen molar-refractivity contribution >= 4 is 11.8 Å². The Morgan fingerprint density at radius 1 is 1.46 bits per heavy atom. The molecule has 0 heterocycles. The lowest BCUT2D eigenvalue weighted by molar-refractivity contribution is 0.00296. The van der Waals surface area contributed by atoms with Gasteiger partial charge in [0.15, 0.2) is 0 Å². The lowest BCUT2D eigenvalue weighted by atomic mass is 10.1. The monoisotopic (exact) mass is 207 g/mol. The first kappa shape index (κ1) is 13.2. The molecule has 3 N–H and O–H groups in total. The van der Waals surface area contributed by atoms with Crippen molar-refractivity contribution < 1.29 is 10.2 Å². The molecule has 0 saturated carbocycles. The number of rotatable bonds is 8. The zero-order chi connectivity index (χ0) is 10.2. The Balaban J connectivity index is 3.16. The van der Waals surface area contributed by atoms with Crippen molar-refractivity contribution in [2.45, 2.75) is 25.9 Å². The van der Waals surface area contributed by atoms with Crippen LogP contribution in [0.3, 0.4) is 0 Å². The second kappa shape index (κ2) is 7.62. The highest BCUT2D eigenvalue weighted by Crippen LogP contribution is 2.01. The second-order valence-electron chi connectivity index (χ2n) is 3.38. The highest BCUT2D eigenvalue weighted by Gasteiger charge is 2.17. The fourth-order valence-corrected chi connectivity index (χ4v) is 1.49. The van der Waals surface area contributed by atoms with E-state index in [0.29, 0.717) is 6.54 Å². The molecule has 0 saturated heterocycles. The summed E-state index contributed by atoms with van der Waals surface area (Å²) in [6.45, 7) is 4.95. The van der Waals surface area contributed by atoms with Gasteiger partial charge in [-0.05, 0) is 31.4 Å². The maximum absolute atomic E-state index is 9.41. The molecule has 13 heavy (non-hydrogen) atoms. The van der Waals surface area contributed by atoms with Crippen molar-refractivity contribution in [2.24, 2.45) is 0 Å². The fourth-order valence-electron chi connectivity index (χ4n) is 0.857. The van der Waals surface area contributed by atoms with E-state index >= 15 is 0 Å². The number of hydrogen-bond acceptors (Lipinski definition) is 4. The van der Waals surface area contributed by atoms with E-state index in [0.717, 1.165) is 24.5 Å². The van der Waals surface area contributed by atoms with Crippen LogP contribution in [0.25, 0.3) is 0 Å². The van der Waals surface area contributed by atoms with E-state index in [1.54, 1.807) is 6.92 Å². The van der Waals surface area contributed by atoms with Crippen LogP contribution < -0.4 is 5.32 Å². The maximum atomic E-state index is 9.41. The normalized spacial score (nSPS) is 15.7. The first-order valence-corrected chi connectivity index (χ1v) is 5.89. The molecule has 4 heteroatoms. The average Bonchev–Trinajstić information content (AvgIpc) is 2.11. The van der Waals surface area contributed by atoms with Crippen molar-refractivity contribution in [1.29, 1.82) is 0 Å². The number of aliphatic hydroxyl groups excluding tert-OH is 1. The molecule has 0 amide bonds. The van der Waals surface area contributed by atoms with Crippen LogP contribution in [0.5, 0.6) is 0 Å². The van der Waals surface area contributed by atoms with Gasteiger partial charge in [-0.2, -0.15) is 11.8 Å². The molecule has 0 fully saturated rings. The van der Waals surface area contributed by atoms with Gasteiger partial charge in [0.2, 0.25) is 0 Å². The largest absolute Gasteiger partial charge is 0.393 e. The first-order valence-electron chi connectivity index (χ1n) is 4.74. The highest BCUT2D eigenvalue weighted by molar-refractivity contribution is 7.99. The summed E-state index contributed by atoms with van der Waals surface area (Å²) in [5, 5.41) is 21.3. The molecule has 0 aromatic rings. The summed E-state index contributed by atoms with van der Waals surface area (Å²) in [7, 11) is 0. The van der Waals surface area contributed by atoms with Gasteiger partial charge >= 0.3 is 0 Å². The van der Waals surface area contributed by atoms with Gasteiger partial charge in [-0.1, -0.05) is 6.92 Å². The van der Waals surface area contributed by atoms with E-state index in [1.807, 2.05) is 11.8 Å². The van der Waals surface area contributed by atoms with Crippen LogP contribution in [0, 0.1) is 0 Å². The molecular formula is C9H21NO2S. The van der Waals surface area contributed by atoms with E-state index in [-0.39, 0.29) is 6.61 Å². The Morgan fingerprint density at radius 3 is 2.69 bits per heavy atom. The summed E-state index contributed by atoms with van der Waals surface area (Å²) in [6, 6.07) is 0. The van der Waals surface area contributed by atoms with Gasteiger partial charge in [0.1, 0.15) is 0 Å². The molecule has 0 spiro atoms. The Morgan fingerprint density at radius 2 is 2.15 bits per heavy atom. The SMILES string of the molecule is CCSCCCNCC(C)(O)CO. The summed E-state index contributed by atoms with van der Waals surface area (Å²) in [5.41, 5.74) is -0.974. The lowest BCUT2D eigenvalue weighted by Gasteiger charge is -2.20. The predicted molar refractivity (Wildman–Crippen MR) is 58.2 cm³/mol. The van der Waals surface area contributed by atoms with Gasteiger partial charge in [0.25, 0.3) is 0 Å². The Labute approximate surface area is 84.9 Å². The Bertz CT molecular complexity index is 120. The van der Waals surface area contributed by atoms with Crippen molar-refractivity contribution in [1.82, 2.24) is 5.32 Å². The maximum Gasteiger partial charge on any atom is 0.0972 e. The molecule has 1 atom stereocenters. The number of aliphatic hydroxyl groups is 2. The van der Waals surface area contributed by atoms with Gasteiger partial charge in [-0.3, -0.25) is 0 Å². The Kier molecular flexibility index (Phi) is 7.75. The molecule has 0 rings (SSSR count). The van der Waals surface area contributed by atoms with Crippen LogP contribution in [0.15, 0.2) is 0 Å². The molecule has 3 nitrogen and oxygen atoms in total. The standard InChI is InChI=1S/C9H21NO2S/c1-3-13-6-4-5-10-7-9(2,12)8-11/h10-12H,3-8H2,1-2H3. The summed E-state index contributed by atoms with van der Waals surface area (Å²) < 4.78 is 0. The van der Waals surface area contributed by atoms with E-state index in [9.17, 15) is 5.11 Å². The topological polar surface area (TPSA) is 52.5 Å². The van der Waals surface area contributed by atoms with Crippen molar-refractivity contribution in [3.8, 4) is 0 Å². The molecular weight excluding hydrogens is 186 g/mol. The highest BCUT2D eigenvalue weighted by atomic mass is 32.2. The molecule has 0 aliphatic rings. The molecule has 0 aliphatic carbocycles. The smallest absolute Gasteiger partial charge is 0.0972 e. The zero-order valence-corrected chi connectivity index (χ0v) is 9.36. The minimum Gasteiger partial charge on any atom is -0.393 e. The third kappa shape index (κ3) is 8.56. The van der Waals surface area contributed by atoms with Gasteiger partial charge in [-0.15, -0.1) is 0 Å². The van der Waals surface area contributed by atoms with E-state index in [1.165, 1.54) is 0 Å². The molecule has 0 aromatic carbocycles. The summed E-state index contributed by atoms with van der Waals surface area (Å²) >= 11 is 1.92. The molecule has 0 aliphatic heterocycles. The minimum absolute atomic E-state index is 0.191. The van der Waals surface area contributed by atoms with Crippen LogP contribution in [-0.2, 0) is 0 Å². The molecule has 0 aromatic heterocycles. The average molecular weight is 207 g/mol. The summed E-state index contributed by atoms with van der Waals surface area (Å²) in [6.07, 6.45) is 1.11. The van der Waals surface area contributed by atoms with Gasteiger partial charge < -0.3 is 15.5 Å². The Hall–Kier alpha value is 0.230. The molecule has 0 bridgehead atoms. The minimum atomic E-state index is -0.974. The third-order valence-corrected chi connectivity index (χ3v) is 2.68. The lowest BCUT2D eigenvalue weighted by Crippen LogP contribution is -2.41. The third-order valence-electron chi connectivity index (χ3n) is 1.69. The molecule has 80 valence electrons. The van der Waals surface area contributed by atoms with Crippen LogP contribution in [-0.4, -0.2) is 47.0 Å². The number of thioether (sulfide) groups is 1. The van der Waals surface area contributed by atoms with E-state index < -0.39 is 5.60 Å². The second-order valence-corrected chi connectivity index (χ2v) is 4.78.